The molecule has 0 saturated heterocycles. The Kier molecular flexibility index (Phi) is 6.51. The Morgan fingerprint density at radius 3 is 2.00 bits per heavy atom. The highest BCUT2D eigenvalue weighted by molar-refractivity contribution is 7.80. The Morgan fingerprint density at radius 1 is 1.09 bits per heavy atom. The van der Waals surface area contributed by atoms with Crippen LogP contribution < -0.4 is 0 Å². The molecule has 2 N–H and O–H groups in total. The van der Waals surface area contributed by atoms with Crippen LogP contribution in [0.5, 0.6) is 0 Å². The van der Waals surface area contributed by atoms with Gasteiger partial charge in [0.15, 0.2) is 0 Å². The lowest BCUT2D eigenvalue weighted by atomic mass is 9.82. The molecule has 0 aromatic carbocycles. The zero-order valence-corrected chi connectivity index (χ0v) is 12.7. The Bertz CT molecular complexity index is 476. The summed E-state index contributed by atoms with van der Waals surface area (Å²) in [5.41, 5.74) is 0. The third-order valence-electron chi connectivity index (χ3n) is 3.72. The molecule has 1 aliphatic rings. The zero-order valence-electron chi connectivity index (χ0n) is 11.8. The van der Waals surface area contributed by atoms with Crippen molar-refractivity contribution in [2.75, 3.05) is 6.61 Å². The fourth-order valence-corrected chi connectivity index (χ4v) is 2.60. The summed E-state index contributed by atoms with van der Waals surface area (Å²) >= 11 is -4.05. The maximum atomic E-state index is 13.1. The summed E-state index contributed by atoms with van der Waals surface area (Å²) in [5, 5.41) is 3.66. The molecule has 1 atom stereocenters. The first-order chi connectivity index (χ1) is 10.5. The van der Waals surface area contributed by atoms with Crippen molar-refractivity contribution < 1.29 is 45.8 Å². The quantitative estimate of drug-likeness (QED) is 0.408. The highest BCUT2D eigenvalue weighted by atomic mass is 32.2. The predicted octanol–water partition coefficient (Wildman–Crippen LogP) is 2.26. The summed E-state index contributed by atoms with van der Waals surface area (Å²) in [4.78, 5) is 22.4. The highest BCUT2D eigenvalue weighted by Crippen LogP contribution is 2.39. The van der Waals surface area contributed by atoms with Crippen molar-refractivity contribution in [3.05, 3.63) is 0 Å². The van der Waals surface area contributed by atoms with E-state index in [1.54, 1.807) is 0 Å². The van der Waals surface area contributed by atoms with Gasteiger partial charge in [0.05, 0.1) is 24.9 Å². The van der Waals surface area contributed by atoms with Crippen LogP contribution in [0.2, 0.25) is 0 Å². The standard InChI is InChI=1S/C12H16F4O6S/c13-11(14,12(15,16)23(20)21)5-6-22-10(19)8-3-1-7(2-4-8)9(17)18/h7-8H,1-6H2,(H,17,18)(H,20,21). The fourth-order valence-electron chi connectivity index (χ4n) is 2.25. The van der Waals surface area contributed by atoms with Gasteiger partial charge in [-0.1, -0.05) is 0 Å². The van der Waals surface area contributed by atoms with Gasteiger partial charge in [0.2, 0.25) is 11.1 Å². The number of esters is 1. The van der Waals surface area contributed by atoms with Gasteiger partial charge >= 0.3 is 23.1 Å². The van der Waals surface area contributed by atoms with E-state index in [9.17, 15) is 31.4 Å². The lowest BCUT2D eigenvalue weighted by Crippen LogP contribution is -2.44. The van der Waals surface area contributed by atoms with Crippen molar-refractivity contribution in [2.24, 2.45) is 11.8 Å². The van der Waals surface area contributed by atoms with Gasteiger partial charge < -0.3 is 14.4 Å². The third-order valence-corrected chi connectivity index (χ3v) is 4.45. The number of carboxylic acids is 1. The minimum atomic E-state index is -5.14. The van der Waals surface area contributed by atoms with E-state index in [4.69, 9.17) is 9.66 Å². The molecule has 1 rings (SSSR count). The first kappa shape index (κ1) is 19.8. The van der Waals surface area contributed by atoms with Gasteiger partial charge in [-0.25, -0.2) is 4.21 Å². The minimum Gasteiger partial charge on any atom is -0.481 e. The summed E-state index contributed by atoms with van der Waals surface area (Å²) in [6.07, 6.45) is -0.686. The van der Waals surface area contributed by atoms with Crippen LogP contribution in [0.4, 0.5) is 17.6 Å². The van der Waals surface area contributed by atoms with Crippen molar-refractivity contribution in [1.29, 1.82) is 0 Å². The van der Waals surface area contributed by atoms with Crippen molar-refractivity contribution in [1.82, 2.24) is 0 Å². The summed E-state index contributed by atoms with van der Waals surface area (Å²) < 4.78 is 74.8. The number of rotatable bonds is 7. The van der Waals surface area contributed by atoms with Crippen LogP contribution in [0.3, 0.4) is 0 Å². The van der Waals surface area contributed by atoms with E-state index in [0.29, 0.717) is 0 Å². The second-order valence-electron chi connectivity index (χ2n) is 5.27. The summed E-state index contributed by atoms with van der Waals surface area (Å²) in [6, 6.07) is 0. The minimum absolute atomic E-state index is 0.211. The summed E-state index contributed by atoms with van der Waals surface area (Å²) in [6.45, 7) is -1.03. The molecule has 0 amide bonds. The van der Waals surface area contributed by atoms with Crippen LogP contribution in [0.1, 0.15) is 32.1 Å². The fraction of sp³-hybridized carbons (Fsp3) is 0.833. The number of hydrogen-bond donors (Lipinski definition) is 2. The van der Waals surface area contributed by atoms with Crippen LogP contribution >= 0.6 is 0 Å². The normalized spacial score (nSPS) is 24.0. The van der Waals surface area contributed by atoms with Crippen molar-refractivity contribution in [3.8, 4) is 0 Å². The molecule has 0 spiro atoms. The highest BCUT2D eigenvalue weighted by Gasteiger charge is 2.61. The second kappa shape index (κ2) is 7.56. The number of carbonyl (C=O) groups excluding carboxylic acids is 1. The number of carboxylic acid groups (broad SMARTS) is 1. The Morgan fingerprint density at radius 2 is 1.57 bits per heavy atom. The van der Waals surface area contributed by atoms with E-state index in [0.717, 1.165) is 0 Å². The Balaban J connectivity index is 2.43. The molecule has 6 nitrogen and oxygen atoms in total. The predicted molar refractivity (Wildman–Crippen MR) is 69.3 cm³/mol. The van der Waals surface area contributed by atoms with E-state index in [2.05, 4.69) is 4.74 Å². The average Bonchev–Trinajstić information content (AvgIpc) is 2.46. The number of aliphatic carboxylic acids is 1. The van der Waals surface area contributed by atoms with Crippen LogP contribution in [-0.4, -0.2) is 43.6 Å². The molecular weight excluding hydrogens is 348 g/mol. The third kappa shape index (κ3) is 4.87. The van der Waals surface area contributed by atoms with E-state index in [1.807, 2.05) is 0 Å². The second-order valence-corrected chi connectivity index (χ2v) is 6.29. The van der Waals surface area contributed by atoms with Crippen LogP contribution in [-0.2, 0) is 25.4 Å². The van der Waals surface area contributed by atoms with Gasteiger partial charge in [0, 0.05) is 0 Å². The molecule has 0 aromatic heterocycles. The molecule has 1 saturated carbocycles. The largest absolute Gasteiger partial charge is 0.481 e. The molecule has 11 heteroatoms. The van der Waals surface area contributed by atoms with Gasteiger partial charge in [0.25, 0.3) is 0 Å². The first-order valence-electron chi connectivity index (χ1n) is 6.75. The molecular formula is C12H16F4O6S. The number of ether oxygens (including phenoxy) is 1. The van der Waals surface area contributed by atoms with Gasteiger partial charge in [0.1, 0.15) is 0 Å². The zero-order chi connectivity index (χ0) is 17.8. The molecule has 0 aliphatic heterocycles. The number of hydrogen-bond acceptors (Lipinski definition) is 4. The smallest absolute Gasteiger partial charge is 0.406 e. The van der Waals surface area contributed by atoms with Crippen LogP contribution in [0.25, 0.3) is 0 Å². The van der Waals surface area contributed by atoms with E-state index >= 15 is 0 Å². The molecule has 0 bridgehead atoms. The molecule has 1 fully saturated rings. The van der Waals surface area contributed by atoms with E-state index in [-0.39, 0.29) is 25.7 Å². The number of alkyl halides is 4. The van der Waals surface area contributed by atoms with Crippen molar-refractivity contribution in [2.45, 2.75) is 43.3 Å². The van der Waals surface area contributed by atoms with Gasteiger partial charge in [-0.15, -0.1) is 0 Å². The lowest BCUT2D eigenvalue weighted by Gasteiger charge is -2.26. The van der Waals surface area contributed by atoms with Gasteiger partial charge in [-0.05, 0) is 25.7 Å². The maximum Gasteiger partial charge on any atom is 0.406 e. The number of halogens is 4. The molecule has 0 heterocycles. The SMILES string of the molecule is O=C(O)C1CCC(C(=O)OCCC(F)(F)C(F)(F)S(=O)O)CC1. The Labute approximate surface area is 131 Å². The van der Waals surface area contributed by atoms with E-state index in [1.165, 1.54) is 0 Å². The maximum absolute atomic E-state index is 13.1. The molecule has 1 aliphatic carbocycles. The molecule has 0 radical (unpaired) electrons. The monoisotopic (exact) mass is 364 g/mol. The van der Waals surface area contributed by atoms with Crippen LogP contribution in [0.15, 0.2) is 0 Å². The summed E-state index contributed by atoms with van der Waals surface area (Å²) in [7, 11) is 0. The molecule has 134 valence electrons. The average molecular weight is 364 g/mol. The van der Waals surface area contributed by atoms with Gasteiger partial charge in [-0.2, -0.15) is 17.6 Å². The summed E-state index contributed by atoms with van der Waals surface area (Å²) in [5.74, 6) is -7.87. The van der Waals surface area contributed by atoms with E-state index < -0.39 is 59.1 Å². The van der Waals surface area contributed by atoms with Gasteiger partial charge in [-0.3, -0.25) is 9.59 Å². The first-order valence-corrected chi connectivity index (χ1v) is 7.85. The Hall–Kier alpha value is -1.23. The van der Waals surface area contributed by atoms with Crippen molar-refractivity contribution >= 4 is 23.0 Å². The van der Waals surface area contributed by atoms with Crippen molar-refractivity contribution in [3.63, 3.8) is 0 Å². The van der Waals surface area contributed by atoms with Crippen LogP contribution in [0, 0.1) is 11.8 Å². The molecule has 23 heavy (non-hydrogen) atoms. The lowest BCUT2D eigenvalue weighted by molar-refractivity contribution is -0.174. The molecule has 1 unspecified atom stereocenters. The molecule has 0 aromatic rings. The topological polar surface area (TPSA) is 101 Å². The number of carbonyl (C=O) groups is 2.